The number of carbonyl (C=O) groups excluding carboxylic acids is 1. The number of hydroxylamine groups is 2. The van der Waals surface area contributed by atoms with E-state index in [2.05, 4.69) is 20.2 Å². The maximum absolute atomic E-state index is 13.5. The van der Waals surface area contributed by atoms with Crippen LogP contribution in [0.1, 0.15) is 12.5 Å². The number of ether oxygens (including phenoxy) is 2. The number of rotatable bonds is 7. The van der Waals surface area contributed by atoms with Crippen molar-refractivity contribution in [3.05, 3.63) is 60.3 Å². The van der Waals surface area contributed by atoms with Crippen LogP contribution in [0.15, 0.2) is 54.7 Å². The molecule has 1 aliphatic heterocycles. The Morgan fingerprint density at radius 2 is 1.78 bits per heavy atom. The molecule has 0 saturated carbocycles. The Kier molecular flexibility index (Phi) is 7.44. The summed E-state index contributed by atoms with van der Waals surface area (Å²) in [5, 5.41) is 4.52. The number of benzene rings is 2. The molecule has 1 saturated heterocycles. The number of alkyl halides is 3. The fourth-order valence-corrected chi connectivity index (χ4v) is 3.62. The second-order valence-corrected chi connectivity index (χ2v) is 7.83. The van der Waals surface area contributed by atoms with E-state index in [1.54, 1.807) is 35.4 Å². The molecule has 0 radical (unpaired) electrons. The van der Waals surface area contributed by atoms with Crippen molar-refractivity contribution in [3.63, 3.8) is 0 Å². The normalized spacial score (nSPS) is 14.3. The minimum atomic E-state index is -4.69. The first-order valence-corrected chi connectivity index (χ1v) is 11.0. The molecule has 4 rings (SSSR count). The van der Waals surface area contributed by atoms with E-state index < -0.39 is 17.6 Å². The molecule has 0 unspecified atom stereocenters. The fourth-order valence-electron chi connectivity index (χ4n) is 3.62. The molecule has 1 aliphatic rings. The lowest BCUT2D eigenvalue weighted by atomic mass is 10.2. The number of methoxy groups -OCH3 is 1. The predicted molar refractivity (Wildman–Crippen MR) is 125 cm³/mol. The van der Waals surface area contributed by atoms with Crippen LogP contribution >= 0.6 is 0 Å². The summed E-state index contributed by atoms with van der Waals surface area (Å²) in [5.74, 6) is -0.405. The molecule has 12 heteroatoms. The molecule has 1 aromatic heterocycles. The van der Waals surface area contributed by atoms with Crippen LogP contribution in [0.4, 0.5) is 30.5 Å². The highest BCUT2D eigenvalue weighted by Crippen LogP contribution is 2.38. The minimum Gasteiger partial charge on any atom is -0.494 e. The van der Waals surface area contributed by atoms with E-state index in [1.807, 2.05) is 6.07 Å². The zero-order valence-corrected chi connectivity index (χ0v) is 19.6. The van der Waals surface area contributed by atoms with Crippen molar-refractivity contribution in [1.29, 1.82) is 0 Å². The predicted octanol–water partition coefficient (Wildman–Crippen LogP) is 4.64. The standard InChI is InChI=1S/C24H24F3N5O4/c1-16(33)36-32-12-10-31(11-13-32)17-8-9-20(21(14-17)34-2)29-23-28-15-19(24(25,26)27)22(30-23)35-18-6-4-3-5-7-18/h3-9,14-15H,10-13H2,1-2H3,(H,28,29,30). The van der Waals surface area contributed by atoms with Crippen LogP contribution in [0, 0.1) is 0 Å². The van der Waals surface area contributed by atoms with Gasteiger partial charge in [0.1, 0.15) is 17.1 Å². The lowest BCUT2D eigenvalue weighted by Crippen LogP contribution is -2.46. The van der Waals surface area contributed by atoms with Gasteiger partial charge in [-0.05, 0) is 24.3 Å². The average molecular weight is 503 g/mol. The number of piperazine rings is 1. The van der Waals surface area contributed by atoms with Crippen LogP contribution in [-0.4, -0.2) is 54.3 Å². The third-order valence-electron chi connectivity index (χ3n) is 5.31. The number of anilines is 3. The molecular weight excluding hydrogens is 479 g/mol. The summed E-state index contributed by atoms with van der Waals surface area (Å²) in [6.07, 6.45) is -4.02. The summed E-state index contributed by atoms with van der Waals surface area (Å²) in [4.78, 5) is 26.2. The number of aromatic nitrogens is 2. The largest absolute Gasteiger partial charge is 0.494 e. The highest BCUT2D eigenvalue weighted by molar-refractivity contribution is 5.68. The highest BCUT2D eigenvalue weighted by Gasteiger charge is 2.36. The van der Waals surface area contributed by atoms with Gasteiger partial charge in [-0.15, -0.1) is 5.06 Å². The number of nitrogens with zero attached hydrogens (tertiary/aromatic N) is 4. The Balaban J connectivity index is 1.53. The van der Waals surface area contributed by atoms with Gasteiger partial charge in [0.15, 0.2) is 0 Å². The first-order valence-electron chi connectivity index (χ1n) is 11.0. The van der Waals surface area contributed by atoms with Gasteiger partial charge in [-0.25, -0.2) is 4.98 Å². The smallest absolute Gasteiger partial charge is 0.423 e. The third-order valence-corrected chi connectivity index (χ3v) is 5.31. The lowest BCUT2D eigenvalue weighted by Gasteiger charge is -2.34. The van der Waals surface area contributed by atoms with E-state index in [1.165, 1.54) is 26.2 Å². The molecule has 0 spiro atoms. The SMILES string of the molecule is COc1cc(N2CCN(OC(C)=O)CC2)ccc1Nc1ncc(C(F)(F)F)c(Oc2ccccc2)n1. The van der Waals surface area contributed by atoms with Crippen molar-refractivity contribution < 1.29 is 32.3 Å². The monoisotopic (exact) mass is 503 g/mol. The van der Waals surface area contributed by atoms with Crippen LogP contribution in [0.5, 0.6) is 17.4 Å². The summed E-state index contributed by atoms with van der Waals surface area (Å²) in [6.45, 7) is 3.72. The van der Waals surface area contributed by atoms with Crippen LogP contribution in [0.2, 0.25) is 0 Å². The average Bonchev–Trinajstić information content (AvgIpc) is 2.84. The van der Waals surface area contributed by atoms with Gasteiger partial charge >= 0.3 is 12.1 Å². The quantitative estimate of drug-likeness (QED) is 0.495. The Morgan fingerprint density at radius 1 is 1.06 bits per heavy atom. The number of para-hydroxylation sites is 1. The Bertz CT molecular complexity index is 1200. The van der Waals surface area contributed by atoms with E-state index in [-0.39, 0.29) is 17.7 Å². The summed E-state index contributed by atoms with van der Waals surface area (Å²) in [7, 11) is 1.49. The van der Waals surface area contributed by atoms with E-state index in [0.717, 1.165) is 5.69 Å². The van der Waals surface area contributed by atoms with Gasteiger partial charge in [0.05, 0.1) is 25.9 Å². The van der Waals surface area contributed by atoms with Crippen LogP contribution in [0.25, 0.3) is 0 Å². The number of nitrogens with one attached hydrogen (secondary N) is 1. The van der Waals surface area contributed by atoms with Gasteiger partial charge in [-0.1, -0.05) is 18.2 Å². The molecule has 190 valence electrons. The van der Waals surface area contributed by atoms with Gasteiger partial charge in [0, 0.05) is 38.0 Å². The van der Waals surface area contributed by atoms with E-state index in [0.29, 0.717) is 43.8 Å². The molecule has 0 amide bonds. The van der Waals surface area contributed by atoms with Crippen molar-refractivity contribution in [2.24, 2.45) is 0 Å². The van der Waals surface area contributed by atoms with Gasteiger partial charge < -0.3 is 24.5 Å². The van der Waals surface area contributed by atoms with Crippen molar-refractivity contribution in [1.82, 2.24) is 15.0 Å². The van der Waals surface area contributed by atoms with Crippen molar-refractivity contribution >= 4 is 23.3 Å². The highest BCUT2D eigenvalue weighted by atomic mass is 19.4. The van der Waals surface area contributed by atoms with Crippen molar-refractivity contribution in [2.45, 2.75) is 13.1 Å². The zero-order valence-electron chi connectivity index (χ0n) is 19.6. The molecule has 0 bridgehead atoms. The number of hydrogen-bond donors (Lipinski definition) is 1. The molecule has 0 aliphatic carbocycles. The van der Waals surface area contributed by atoms with Crippen LogP contribution in [-0.2, 0) is 15.8 Å². The third kappa shape index (κ3) is 6.13. The Morgan fingerprint density at radius 3 is 2.42 bits per heavy atom. The minimum absolute atomic E-state index is 0.0880. The molecule has 9 nitrogen and oxygen atoms in total. The van der Waals surface area contributed by atoms with Crippen LogP contribution < -0.4 is 19.7 Å². The summed E-state index contributed by atoms with van der Waals surface area (Å²) in [5.41, 5.74) is 0.249. The van der Waals surface area contributed by atoms with Crippen LogP contribution in [0.3, 0.4) is 0 Å². The van der Waals surface area contributed by atoms with Gasteiger partial charge in [-0.3, -0.25) is 4.79 Å². The number of hydrogen-bond acceptors (Lipinski definition) is 9. The van der Waals surface area contributed by atoms with Crippen molar-refractivity contribution in [3.8, 4) is 17.4 Å². The maximum atomic E-state index is 13.5. The summed E-state index contributed by atoms with van der Waals surface area (Å²) >= 11 is 0. The number of carbonyl (C=O) groups is 1. The van der Waals surface area contributed by atoms with E-state index >= 15 is 0 Å². The molecule has 2 heterocycles. The molecule has 36 heavy (non-hydrogen) atoms. The Hall–Kier alpha value is -4.06. The van der Waals surface area contributed by atoms with Gasteiger partial charge in [0.2, 0.25) is 11.8 Å². The molecule has 1 N–H and O–H groups in total. The van der Waals surface area contributed by atoms with Crippen molar-refractivity contribution in [2.75, 3.05) is 43.5 Å². The molecule has 0 atom stereocenters. The molecular formula is C24H24F3N5O4. The summed E-state index contributed by atoms with van der Waals surface area (Å²) in [6, 6.07) is 13.4. The Labute approximate surface area is 205 Å². The zero-order chi connectivity index (χ0) is 25.7. The van der Waals surface area contributed by atoms with E-state index in [9.17, 15) is 18.0 Å². The van der Waals surface area contributed by atoms with Gasteiger partial charge in [-0.2, -0.15) is 18.2 Å². The second-order valence-electron chi connectivity index (χ2n) is 7.83. The topological polar surface area (TPSA) is 89.1 Å². The number of halogens is 3. The lowest BCUT2D eigenvalue weighted by molar-refractivity contribution is -0.188. The molecule has 1 fully saturated rings. The van der Waals surface area contributed by atoms with Gasteiger partial charge in [0.25, 0.3) is 0 Å². The maximum Gasteiger partial charge on any atom is 0.423 e. The second kappa shape index (κ2) is 10.7. The fraction of sp³-hybridized carbons (Fsp3) is 0.292. The summed E-state index contributed by atoms with van der Waals surface area (Å²) < 4.78 is 51.4. The molecule has 2 aromatic carbocycles. The molecule has 3 aromatic rings. The first-order chi connectivity index (χ1) is 17.2. The first kappa shape index (κ1) is 25.0. The van der Waals surface area contributed by atoms with E-state index in [4.69, 9.17) is 14.3 Å².